The van der Waals surface area contributed by atoms with Crippen LogP contribution in [0.15, 0.2) is 18.3 Å². The maximum atomic E-state index is 5.79. The summed E-state index contributed by atoms with van der Waals surface area (Å²) in [6.07, 6.45) is 3.28. The molecule has 0 radical (unpaired) electrons. The molecule has 0 saturated heterocycles. The van der Waals surface area contributed by atoms with E-state index in [1.165, 1.54) is 10.2 Å². The minimum atomic E-state index is 0.180. The third kappa shape index (κ3) is 1.32. The van der Waals surface area contributed by atoms with Crippen molar-refractivity contribution < 1.29 is 0 Å². The van der Waals surface area contributed by atoms with Crippen LogP contribution in [0.25, 0.3) is 10.2 Å². The summed E-state index contributed by atoms with van der Waals surface area (Å²) in [7, 11) is 0. The maximum Gasteiger partial charge on any atom is 0.105 e. The van der Waals surface area contributed by atoms with Gasteiger partial charge in [0, 0.05) is 17.1 Å². The second-order valence-electron chi connectivity index (χ2n) is 4.26. The molecule has 0 aliphatic rings. The zero-order chi connectivity index (χ0) is 10.3. The smallest absolute Gasteiger partial charge is 0.105 e. The van der Waals surface area contributed by atoms with Crippen molar-refractivity contribution in [3.05, 3.63) is 18.3 Å². The molecule has 2 aromatic heterocycles. The summed E-state index contributed by atoms with van der Waals surface area (Å²) in [6, 6.07) is 4.18. The summed E-state index contributed by atoms with van der Waals surface area (Å²) in [5, 5.41) is 2.16. The molecule has 2 rings (SSSR count). The van der Waals surface area contributed by atoms with Crippen molar-refractivity contribution in [1.29, 1.82) is 0 Å². The second kappa shape index (κ2) is 3.02. The molecule has 14 heavy (non-hydrogen) atoms. The van der Waals surface area contributed by atoms with Crippen molar-refractivity contribution in [2.75, 3.05) is 5.73 Å². The minimum absolute atomic E-state index is 0.180. The van der Waals surface area contributed by atoms with Crippen LogP contribution in [0.2, 0.25) is 0 Å². The topological polar surface area (TPSA) is 30.9 Å². The summed E-state index contributed by atoms with van der Waals surface area (Å²) in [4.78, 5) is 1.29. The Kier molecular flexibility index (Phi) is 2.07. The van der Waals surface area contributed by atoms with Crippen molar-refractivity contribution in [3.63, 3.8) is 0 Å². The summed E-state index contributed by atoms with van der Waals surface area (Å²) in [5.74, 6) is 0. The zero-order valence-corrected chi connectivity index (χ0v) is 9.69. The van der Waals surface area contributed by atoms with Gasteiger partial charge in [-0.25, -0.2) is 0 Å². The fourth-order valence-electron chi connectivity index (χ4n) is 1.59. The van der Waals surface area contributed by atoms with Crippen molar-refractivity contribution in [2.45, 2.75) is 32.7 Å². The largest absolute Gasteiger partial charge is 0.391 e. The molecule has 0 fully saturated rings. The van der Waals surface area contributed by atoms with Crippen LogP contribution in [0.4, 0.5) is 5.00 Å². The van der Waals surface area contributed by atoms with E-state index in [1.807, 2.05) is 6.07 Å². The highest BCUT2D eigenvalue weighted by molar-refractivity contribution is 7.22. The van der Waals surface area contributed by atoms with E-state index in [0.717, 1.165) is 11.4 Å². The maximum absolute atomic E-state index is 5.79. The van der Waals surface area contributed by atoms with Crippen LogP contribution in [-0.4, -0.2) is 4.57 Å². The number of aromatic nitrogens is 1. The van der Waals surface area contributed by atoms with Crippen molar-refractivity contribution in [3.8, 4) is 0 Å². The third-order valence-corrected chi connectivity index (χ3v) is 3.88. The Labute approximate surface area is 88.3 Å². The predicted molar refractivity (Wildman–Crippen MR) is 63.8 cm³/mol. The van der Waals surface area contributed by atoms with E-state index in [4.69, 9.17) is 5.73 Å². The van der Waals surface area contributed by atoms with Gasteiger partial charge in [0.2, 0.25) is 0 Å². The van der Waals surface area contributed by atoms with Gasteiger partial charge in [0.1, 0.15) is 4.83 Å². The quantitative estimate of drug-likeness (QED) is 0.805. The summed E-state index contributed by atoms with van der Waals surface area (Å²) in [5.41, 5.74) is 5.97. The summed E-state index contributed by atoms with van der Waals surface area (Å²) in [6.45, 7) is 6.72. The van der Waals surface area contributed by atoms with Gasteiger partial charge in [0.05, 0.1) is 5.00 Å². The van der Waals surface area contributed by atoms with Crippen LogP contribution in [0, 0.1) is 0 Å². The number of hydrogen-bond acceptors (Lipinski definition) is 2. The molecule has 2 aromatic rings. The molecule has 0 amide bonds. The number of nitrogen functional groups attached to an aromatic ring is 1. The van der Waals surface area contributed by atoms with Gasteiger partial charge in [-0.2, -0.15) is 0 Å². The molecule has 0 aliphatic heterocycles. The number of nitrogens with zero attached hydrogens (tertiary/aromatic N) is 1. The summed E-state index contributed by atoms with van der Waals surface area (Å²) < 4.78 is 2.32. The Hall–Kier alpha value is -0.960. The number of anilines is 1. The van der Waals surface area contributed by atoms with E-state index < -0.39 is 0 Å². The molecule has 76 valence electrons. The first kappa shape index (κ1) is 9.59. The van der Waals surface area contributed by atoms with Gasteiger partial charge < -0.3 is 10.3 Å². The van der Waals surface area contributed by atoms with Crippen molar-refractivity contribution in [1.82, 2.24) is 4.57 Å². The SMILES string of the molecule is CCC(C)(C)n1ccc2cc(N)sc21. The Morgan fingerprint density at radius 2 is 2.21 bits per heavy atom. The molecule has 0 atom stereocenters. The van der Waals surface area contributed by atoms with E-state index >= 15 is 0 Å². The van der Waals surface area contributed by atoms with Crippen LogP contribution < -0.4 is 5.73 Å². The number of nitrogens with two attached hydrogens (primary N) is 1. The number of rotatable bonds is 2. The molecule has 2 N–H and O–H groups in total. The highest BCUT2D eigenvalue weighted by Gasteiger charge is 2.19. The van der Waals surface area contributed by atoms with Gasteiger partial charge in [-0.15, -0.1) is 11.3 Å². The lowest BCUT2D eigenvalue weighted by Gasteiger charge is -2.25. The van der Waals surface area contributed by atoms with E-state index in [1.54, 1.807) is 11.3 Å². The number of thiophene rings is 1. The Balaban J connectivity index is 2.62. The molecule has 2 nitrogen and oxygen atoms in total. The van der Waals surface area contributed by atoms with E-state index in [-0.39, 0.29) is 5.54 Å². The van der Waals surface area contributed by atoms with Gasteiger partial charge >= 0.3 is 0 Å². The average molecular weight is 208 g/mol. The summed E-state index contributed by atoms with van der Waals surface area (Å²) >= 11 is 1.67. The number of fused-ring (bicyclic) bond motifs is 1. The average Bonchev–Trinajstić information content (AvgIpc) is 2.62. The molecular formula is C11H16N2S. The van der Waals surface area contributed by atoms with Crippen LogP contribution >= 0.6 is 11.3 Å². The molecule has 0 unspecified atom stereocenters. The van der Waals surface area contributed by atoms with Gasteiger partial charge in [0.25, 0.3) is 0 Å². The molecule has 0 aliphatic carbocycles. The first-order chi connectivity index (χ1) is 6.54. The lowest BCUT2D eigenvalue weighted by atomic mass is 10.0. The van der Waals surface area contributed by atoms with Gasteiger partial charge in [-0.1, -0.05) is 6.92 Å². The molecule has 2 heterocycles. The van der Waals surface area contributed by atoms with E-state index in [9.17, 15) is 0 Å². The molecule has 0 bridgehead atoms. The van der Waals surface area contributed by atoms with Crippen molar-refractivity contribution in [2.24, 2.45) is 0 Å². The first-order valence-electron chi connectivity index (χ1n) is 4.91. The third-order valence-electron chi connectivity index (χ3n) is 2.90. The second-order valence-corrected chi connectivity index (χ2v) is 5.32. The van der Waals surface area contributed by atoms with E-state index in [2.05, 4.69) is 37.6 Å². The highest BCUT2D eigenvalue weighted by atomic mass is 32.1. The normalized spacial score (nSPS) is 12.5. The molecular weight excluding hydrogens is 192 g/mol. The Morgan fingerprint density at radius 3 is 2.86 bits per heavy atom. The lowest BCUT2D eigenvalue weighted by molar-refractivity contribution is 0.355. The fourth-order valence-corrected chi connectivity index (χ4v) is 2.65. The predicted octanol–water partition coefficient (Wildman–Crippen LogP) is 3.43. The standard InChI is InChI=1S/C11H16N2S/c1-4-11(2,3)13-6-5-8-7-9(12)14-10(8)13/h5-7H,4,12H2,1-3H3. The zero-order valence-electron chi connectivity index (χ0n) is 8.87. The lowest BCUT2D eigenvalue weighted by Crippen LogP contribution is -2.23. The minimum Gasteiger partial charge on any atom is -0.391 e. The first-order valence-corrected chi connectivity index (χ1v) is 5.73. The van der Waals surface area contributed by atoms with E-state index in [0.29, 0.717) is 0 Å². The van der Waals surface area contributed by atoms with Crippen LogP contribution in [0.5, 0.6) is 0 Å². The monoisotopic (exact) mass is 208 g/mol. The van der Waals surface area contributed by atoms with Gasteiger partial charge in [-0.3, -0.25) is 0 Å². The molecule has 0 spiro atoms. The molecule has 0 saturated carbocycles. The van der Waals surface area contributed by atoms with Crippen LogP contribution in [0.1, 0.15) is 27.2 Å². The van der Waals surface area contributed by atoms with Crippen molar-refractivity contribution >= 4 is 26.6 Å². The highest BCUT2D eigenvalue weighted by Crippen LogP contribution is 2.33. The van der Waals surface area contributed by atoms with Crippen LogP contribution in [0.3, 0.4) is 0 Å². The Bertz CT molecular complexity index is 451. The van der Waals surface area contributed by atoms with Gasteiger partial charge in [0.15, 0.2) is 0 Å². The van der Waals surface area contributed by atoms with Crippen LogP contribution in [-0.2, 0) is 5.54 Å². The van der Waals surface area contributed by atoms with Gasteiger partial charge in [-0.05, 0) is 32.4 Å². The molecule has 3 heteroatoms. The molecule has 0 aromatic carbocycles. The fraction of sp³-hybridized carbons (Fsp3) is 0.455. The number of hydrogen-bond donors (Lipinski definition) is 1. The Morgan fingerprint density at radius 1 is 1.50 bits per heavy atom.